The van der Waals surface area contributed by atoms with Gasteiger partial charge in [-0.05, 0) is 37.1 Å². The van der Waals surface area contributed by atoms with Gasteiger partial charge in [0.1, 0.15) is 0 Å². The summed E-state index contributed by atoms with van der Waals surface area (Å²) >= 11 is 0. The van der Waals surface area contributed by atoms with Crippen molar-refractivity contribution in [1.82, 2.24) is 0 Å². The number of nitrogens with two attached hydrogens (primary N) is 1. The maximum atomic E-state index is 12.9. The molecule has 0 fully saturated rings. The lowest BCUT2D eigenvalue weighted by Gasteiger charge is -2.14. The third-order valence-corrected chi connectivity index (χ3v) is 2.53. The Bertz CT molecular complexity index is 370. The second-order valence-corrected chi connectivity index (χ2v) is 3.60. The molecule has 0 aliphatic heterocycles. The largest absolute Gasteiger partial charge is 0.493 e. The van der Waals surface area contributed by atoms with E-state index in [4.69, 9.17) is 15.2 Å². The number of methoxy groups -OCH3 is 2. The number of hydrogen-bond acceptors (Lipinski definition) is 3. The lowest BCUT2D eigenvalue weighted by atomic mass is 10.0. The predicted molar refractivity (Wildman–Crippen MR) is 61.9 cm³/mol. The van der Waals surface area contributed by atoms with Crippen molar-refractivity contribution in [3.63, 3.8) is 0 Å². The Morgan fingerprint density at radius 3 is 2.24 bits per heavy atom. The van der Waals surface area contributed by atoms with E-state index in [0.717, 1.165) is 0 Å². The average molecular weight is 245 g/mol. The Labute approximate surface area is 99.5 Å². The van der Waals surface area contributed by atoms with Crippen LogP contribution in [-0.4, -0.2) is 20.8 Å². The quantitative estimate of drug-likeness (QED) is 0.837. The van der Waals surface area contributed by atoms with Gasteiger partial charge in [0.25, 0.3) is 6.43 Å². The summed E-state index contributed by atoms with van der Waals surface area (Å²) in [6.07, 6.45) is -1.35. The van der Waals surface area contributed by atoms with E-state index in [2.05, 4.69) is 0 Å². The smallest absolute Gasteiger partial charge is 0.264 e. The molecular formula is C12H17F2NO2. The number of aryl methyl sites for hydroxylation is 1. The Kier molecular flexibility index (Phi) is 5.15. The zero-order chi connectivity index (χ0) is 12.8. The molecule has 0 amide bonds. The molecule has 0 spiro atoms. The van der Waals surface area contributed by atoms with E-state index in [9.17, 15) is 8.78 Å². The lowest BCUT2D eigenvalue weighted by Crippen LogP contribution is -2.04. The molecule has 0 aliphatic rings. The van der Waals surface area contributed by atoms with Crippen molar-refractivity contribution in [2.75, 3.05) is 20.8 Å². The van der Waals surface area contributed by atoms with E-state index in [1.807, 2.05) is 0 Å². The summed E-state index contributed by atoms with van der Waals surface area (Å²) < 4.78 is 35.9. The Balaban J connectivity index is 3.15. The molecule has 1 rings (SSSR count). The van der Waals surface area contributed by atoms with Crippen LogP contribution in [0.15, 0.2) is 12.1 Å². The van der Waals surface area contributed by atoms with Crippen LogP contribution in [0.3, 0.4) is 0 Å². The molecule has 0 unspecified atom stereocenters. The van der Waals surface area contributed by atoms with Crippen molar-refractivity contribution in [3.8, 4) is 11.5 Å². The van der Waals surface area contributed by atoms with Crippen molar-refractivity contribution < 1.29 is 18.3 Å². The second-order valence-electron chi connectivity index (χ2n) is 3.60. The van der Waals surface area contributed by atoms with Gasteiger partial charge >= 0.3 is 0 Å². The van der Waals surface area contributed by atoms with Gasteiger partial charge in [-0.2, -0.15) is 0 Å². The summed E-state index contributed by atoms with van der Waals surface area (Å²) in [7, 11) is 2.90. The van der Waals surface area contributed by atoms with Gasteiger partial charge in [-0.1, -0.05) is 0 Å². The molecule has 5 heteroatoms. The molecule has 1 aromatic rings. The predicted octanol–water partition coefficient (Wildman–Crippen LogP) is 2.53. The molecule has 2 N–H and O–H groups in total. The summed E-state index contributed by atoms with van der Waals surface area (Å²) in [6, 6.07) is 2.92. The molecule has 0 aliphatic carbocycles. The molecule has 0 atom stereocenters. The number of halogens is 2. The third kappa shape index (κ3) is 3.30. The van der Waals surface area contributed by atoms with Crippen LogP contribution in [0.2, 0.25) is 0 Å². The Morgan fingerprint density at radius 2 is 1.76 bits per heavy atom. The Morgan fingerprint density at radius 1 is 1.18 bits per heavy atom. The van der Waals surface area contributed by atoms with Gasteiger partial charge in [-0.15, -0.1) is 0 Å². The summed E-state index contributed by atoms with van der Waals surface area (Å²) in [5, 5.41) is 0. The minimum atomic E-state index is -2.53. The molecule has 0 heterocycles. The van der Waals surface area contributed by atoms with E-state index >= 15 is 0 Å². The van der Waals surface area contributed by atoms with Crippen LogP contribution >= 0.6 is 0 Å². The van der Waals surface area contributed by atoms with Crippen LogP contribution in [0, 0.1) is 0 Å². The molecule has 1 aromatic carbocycles. The summed E-state index contributed by atoms with van der Waals surface area (Å²) in [6.45, 7) is 0.469. The van der Waals surface area contributed by atoms with Gasteiger partial charge in [-0.25, -0.2) is 8.78 Å². The van der Waals surface area contributed by atoms with E-state index in [-0.39, 0.29) is 5.56 Å². The minimum Gasteiger partial charge on any atom is -0.493 e. The highest BCUT2D eigenvalue weighted by Crippen LogP contribution is 2.35. The van der Waals surface area contributed by atoms with E-state index in [1.165, 1.54) is 20.3 Å². The molecule has 0 bridgehead atoms. The molecular weight excluding hydrogens is 228 g/mol. The highest BCUT2D eigenvalue weighted by molar-refractivity contribution is 5.48. The van der Waals surface area contributed by atoms with Crippen LogP contribution in [0.4, 0.5) is 8.78 Å². The summed E-state index contributed by atoms with van der Waals surface area (Å²) in [5.41, 5.74) is 5.93. The number of benzene rings is 1. The number of hydrogen-bond donors (Lipinski definition) is 1. The molecule has 0 aromatic heterocycles. The molecule has 0 saturated carbocycles. The number of rotatable bonds is 6. The van der Waals surface area contributed by atoms with E-state index in [1.54, 1.807) is 6.07 Å². The Hall–Kier alpha value is -1.36. The number of alkyl halides is 2. The third-order valence-electron chi connectivity index (χ3n) is 2.53. The van der Waals surface area contributed by atoms with Crippen molar-refractivity contribution in [2.45, 2.75) is 19.3 Å². The SMILES string of the molecule is COc1cc(CCCN)c(C(F)F)cc1OC. The first-order valence-electron chi connectivity index (χ1n) is 5.37. The molecule has 96 valence electrons. The van der Waals surface area contributed by atoms with Crippen molar-refractivity contribution >= 4 is 0 Å². The molecule has 3 nitrogen and oxygen atoms in total. The molecule has 0 saturated heterocycles. The fraction of sp³-hybridized carbons (Fsp3) is 0.500. The van der Waals surface area contributed by atoms with Crippen molar-refractivity contribution in [2.24, 2.45) is 5.73 Å². The zero-order valence-electron chi connectivity index (χ0n) is 10.0. The highest BCUT2D eigenvalue weighted by atomic mass is 19.3. The maximum absolute atomic E-state index is 12.9. The highest BCUT2D eigenvalue weighted by Gasteiger charge is 2.17. The summed E-state index contributed by atoms with van der Waals surface area (Å²) in [5.74, 6) is 0.781. The maximum Gasteiger partial charge on any atom is 0.264 e. The van der Waals surface area contributed by atoms with Gasteiger partial charge in [0.2, 0.25) is 0 Å². The first kappa shape index (κ1) is 13.7. The van der Waals surface area contributed by atoms with Crippen LogP contribution in [0.25, 0.3) is 0 Å². The normalized spacial score (nSPS) is 10.7. The van der Waals surface area contributed by atoms with Crippen molar-refractivity contribution in [1.29, 1.82) is 0 Å². The first-order chi connectivity index (χ1) is 8.13. The molecule has 0 radical (unpaired) electrons. The summed E-state index contributed by atoms with van der Waals surface area (Å²) in [4.78, 5) is 0. The van der Waals surface area contributed by atoms with Gasteiger partial charge in [0.05, 0.1) is 14.2 Å². The fourth-order valence-electron chi connectivity index (χ4n) is 1.65. The van der Waals surface area contributed by atoms with Gasteiger partial charge in [0, 0.05) is 5.56 Å². The first-order valence-corrected chi connectivity index (χ1v) is 5.37. The minimum absolute atomic E-state index is 0.0175. The monoisotopic (exact) mass is 245 g/mol. The fourth-order valence-corrected chi connectivity index (χ4v) is 1.65. The average Bonchev–Trinajstić information content (AvgIpc) is 2.34. The standard InChI is InChI=1S/C12H17F2NO2/c1-16-10-6-8(4-3-5-15)9(12(13)14)7-11(10)17-2/h6-7,12H,3-5,15H2,1-2H3. The van der Waals surface area contributed by atoms with Gasteiger partial charge in [-0.3, -0.25) is 0 Å². The van der Waals surface area contributed by atoms with E-state index in [0.29, 0.717) is 36.4 Å². The number of ether oxygens (including phenoxy) is 2. The zero-order valence-corrected chi connectivity index (χ0v) is 10.0. The topological polar surface area (TPSA) is 44.5 Å². The van der Waals surface area contributed by atoms with Crippen LogP contribution < -0.4 is 15.2 Å². The van der Waals surface area contributed by atoms with E-state index < -0.39 is 6.43 Å². The van der Waals surface area contributed by atoms with Crippen LogP contribution in [0.1, 0.15) is 24.0 Å². The van der Waals surface area contributed by atoms with Gasteiger partial charge in [0.15, 0.2) is 11.5 Å². The van der Waals surface area contributed by atoms with Crippen LogP contribution in [0.5, 0.6) is 11.5 Å². The molecule has 17 heavy (non-hydrogen) atoms. The van der Waals surface area contributed by atoms with Crippen LogP contribution in [-0.2, 0) is 6.42 Å². The van der Waals surface area contributed by atoms with Gasteiger partial charge < -0.3 is 15.2 Å². The second kappa shape index (κ2) is 6.39. The lowest BCUT2D eigenvalue weighted by molar-refractivity contribution is 0.149. The van der Waals surface area contributed by atoms with Crippen molar-refractivity contribution in [3.05, 3.63) is 23.3 Å².